The van der Waals surface area contributed by atoms with Gasteiger partial charge in [0, 0.05) is 11.5 Å². The molecule has 19 heavy (non-hydrogen) atoms. The SMILES string of the molecule is CCNC(CSCc1cc(C)cc(C)c1)C(=O)OC. The summed E-state index contributed by atoms with van der Waals surface area (Å²) >= 11 is 1.75. The molecule has 4 heteroatoms. The average Bonchev–Trinajstić information content (AvgIpc) is 2.35. The lowest BCUT2D eigenvalue weighted by molar-refractivity contribution is -0.142. The highest BCUT2D eigenvalue weighted by Gasteiger charge is 2.17. The minimum absolute atomic E-state index is 0.185. The Hall–Kier alpha value is -1.00. The fraction of sp³-hybridized carbons (Fsp3) is 0.533. The highest BCUT2D eigenvalue weighted by Crippen LogP contribution is 2.16. The Morgan fingerprint density at radius 2 is 1.95 bits per heavy atom. The highest BCUT2D eigenvalue weighted by molar-refractivity contribution is 7.98. The third kappa shape index (κ3) is 5.66. The molecule has 0 fully saturated rings. The van der Waals surface area contributed by atoms with Crippen LogP contribution < -0.4 is 5.32 Å². The Bertz CT molecular complexity index is 400. The van der Waals surface area contributed by atoms with Gasteiger partial charge in [-0.2, -0.15) is 11.8 Å². The maximum Gasteiger partial charge on any atom is 0.323 e. The second-order valence-corrected chi connectivity index (χ2v) is 5.67. The first kappa shape index (κ1) is 16.1. The standard InChI is InChI=1S/C15H23NO2S/c1-5-16-14(15(17)18-4)10-19-9-13-7-11(2)6-12(3)8-13/h6-8,14,16H,5,9-10H2,1-4H3. The summed E-state index contributed by atoms with van der Waals surface area (Å²) in [7, 11) is 1.43. The zero-order valence-corrected chi connectivity index (χ0v) is 13.0. The number of likely N-dealkylation sites (N-methyl/N-ethyl adjacent to an activating group) is 1. The molecule has 3 nitrogen and oxygen atoms in total. The number of aryl methyl sites for hydroxylation is 2. The molecule has 1 aromatic rings. The van der Waals surface area contributed by atoms with Crippen molar-refractivity contribution in [3.05, 3.63) is 34.9 Å². The van der Waals surface area contributed by atoms with Crippen molar-refractivity contribution in [2.75, 3.05) is 19.4 Å². The molecule has 0 aliphatic carbocycles. The summed E-state index contributed by atoms with van der Waals surface area (Å²) in [4.78, 5) is 11.6. The monoisotopic (exact) mass is 281 g/mol. The van der Waals surface area contributed by atoms with Crippen LogP contribution in [0.5, 0.6) is 0 Å². The van der Waals surface area contributed by atoms with Gasteiger partial charge in [0.15, 0.2) is 0 Å². The summed E-state index contributed by atoms with van der Waals surface area (Å²) in [6.45, 7) is 6.97. The van der Waals surface area contributed by atoms with Crippen molar-refractivity contribution < 1.29 is 9.53 Å². The number of hydrogen-bond donors (Lipinski definition) is 1. The molecule has 1 aromatic carbocycles. The van der Waals surface area contributed by atoms with Crippen molar-refractivity contribution in [2.45, 2.75) is 32.6 Å². The van der Waals surface area contributed by atoms with E-state index >= 15 is 0 Å². The first-order valence-corrected chi connectivity index (χ1v) is 7.68. The van der Waals surface area contributed by atoms with Crippen LogP contribution in [0.15, 0.2) is 18.2 Å². The number of thioether (sulfide) groups is 1. The Kier molecular flexibility index (Phi) is 6.95. The van der Waals surface area contributed by atoms with Crippen molar-refractivity contribution in [1.29, 1.82) is 0 Å². The second-order valence-electron chi connectivity index (χ2n) is 4.64. The van der Waals surface area contributed by atoms with Gasteiger partial charge in [0.05, 0.1) is 7.11 Å². The predicted molar refractivity (Wildman–Crippen MR) is 81.6 cm³/mol. The smallest absolute Gasteiger partial charge is 0.323 e. The summed E-state index contributed by atoms with van der Waals surface area (Å²) in [5, 5.41) is 3.15. The number of nitrogens with one attached hydrogen (secondary N) is 1. The molecular formula is C15H23NO2S. The van der Waals surface area contributed by atoms with E-state index in [0.717, 1.165) is 18.1 Å². The lowest BCUT2D eigenvalue weighted by Crippen LogP contribution is -2.39. The van der Waals surface area contributed by atoms with E-state index in [1.165, 1.54) is 23.8 Å². The number of carbonyl (C=O) groups is 1. The predicted octanol–water partition coefficient (Wildman–Crippen LogP) is 2.69. The molecule has 0 bridgehead atoms. The first-order chi connectivity index (χ1) is 9.06. The minimum Gasteiger partial charge on any atom is -0.468 e. The summed E-state index contributed by atoms with van der Waals surface area (Å²) in [5.41, 5.74) is 3.88. The van der Waals surface area contributed by atoms with Crippen LogP contribution >= 0.6 is 11.8 Å². The highest BCUT2D eigenvalue weighted by atomic mass is 32.2. The molecule has 1 unspecified atom stereocenters. The van der Waals surface area contributed by atoms with Crippen molar-refractivity contribution in [3.8, 4) is 0 Å². The maximum absolute atomic E-state index is 11.6. The van der Waals surface area contributed by atoms with Crippen LogP contribution in [0, 0.1) is 13.8 Å². The second kappa shape index (κ2) is 8.23. The van der Waals surface area contributed by atoms with Crippen LogP contribution in [0.3, 0.4) is 0 Å². The number of ether oxygens (including phenoxy) is 1. The van der Waals surface area contributed by atoms with Crippen molar-refractivity contribution in [1.82, 2.24) is 5.32 Å². The summed E-state index contributed by atoms with van der Waals surface area (Å²) in [6, 6.07) is 6.34. The maximum atomic E-state index is 11.6. The Morgan fingerprint density at radius 3 is 2.47 bits per heavy atom. The molecule has 0 aliphatic heterocycles. The summed E-state index contributed by atoms with van der Waals surface area (Å²) < 4.78 is 4.79. The topological polar surface area (TPSA) is 38.3 Å². The van der Waals surface area contributed by atoms with Gasteiger partial charge in [-0.1, -0.05) is 36.2 Å². The molecule has 0 aliphatic rings. The van der Waals surface area contributed by atoms with E-state index in [1.807, 2.05) is 6.92 Å². The van der Waals surface area contributed by atoms with Crippen LogP contribution in [0.4, 0.5) is 0 Å². The third-order valence-electron chi connectivity index (χ3n) is 2.77. The molecular weight excluding hydrogens is 258 g/mol. The molecule has 1 rings (SSSR count). The van der Waals surface area contributed by atoms with E-state index in [0.29, 0.717) is 0 Å². The quantitative estimate of drug-likeness (QED) is 0.780. The Morgan fingerprint density at radius 1 is 1.32 bits per heavy atom. The molecule has 0 amide bonds. The van der Waals surface area contributed by atoms with Crippen molar-refractivity contribution in [2.24, 2.45) is 0 Å². The zero-order chi connectivity index (χ0) is 14.3. The number of benzene rings is 1. The van der Waals surface area contributed by atoms with Crippen molar-refractivity contribution >= 4 is 17.7 Å². The van der Waals surface area contributed by atoms with Gasteiger partial charge in [0.25, 0.3) is 0 Å². The minimum atomic E-state index is -0.217. The van der Waals surface area contributed by atoms with Gasteiger partial charge < -0.3 is 10.1 Å². The van der Waals surface area contributed by atoms with Crippen LogP contribution in [0.1, 0.15) is 23.6 Å². The normalized spacial score (nSPS) is 12.2. The van der Waals surface area contributed by atoms with Crippen molar-refractivity contribution in [3.63, 3.8) is 0 Å². The van der Waals surface area contributed by atoms with Gasteiger partial charge in [0.2, 0.25) is 0 Å². The molecule has 0 aromatic heterocycles. The molecule has 0 spiro atoms. The first-order valence-electron chi connectivity index (χ1n) is 6.53. The summed E-state index contributed by atoms with van der Waals surface area (Å²) in [6.07, 6.45) is 0. The zero-order valence-electron chi connectivity index (χ0n) is 12.2. The van der Waals surface area contributed by atoms with Gasteiger partial charge >= 0.3 is 5.97 Å². The van der Waals surface area contributed by atoms with Gasteiger partial charge in [-0.15, -0.1) is 0 Å². The Labute approximate surface area is 120 Å². The molecule has 0 radical (unpaired) electrons. The molecule has 0 heterocycles. The van der Waals surface area contributed by atoms with Gasteiger partial charge in [-0.3, -0.25) is 4.79 Å². The van der Waals surface area contributed by atoms with E-state index in [-0.39, 0.29) is 12.0 Å². The number of esters is 1. The van der Waals surface area contributed by atoms with Crippen LogP contribution in [0.2, 0.25) is 0 Å². The Balaban J connectivity index is 2.49. The number of carbonyl (C=O) groups excluding carboxylic acids is 1. The summed E-state index contributed by atoms with van der Waals surface area (Å²) in [5.74, 6) is 1.46. The van der Waals surface area contributed by atoms with E-state index in [1.54, 1.807) is 11.8 Å². The van der Waals surface area contributed by atoms with Crippen LogP contribution in [-0.4, -0.2) is 31.4 Å². The van der Waals surface area contributed by atoms with Gasteiger partial charge in [-0.05, 0) is 26.0 Å². The van der Waals surface area contributed by atoms with E-state index in [2.05, 4.69) is 37.4 Å². The van der Waals surface area contributed by atoms with E-state index in [4.69, 9.17) is 4.74 Å². The fourth-order valence-corrected chi connectivity index (χ4v) is 3.06. The van der Waals surface area contributed by atoms with E-state index < -0.39 is 0 Å². The average molecular weight is 281 g/mol. The molecule has 0 saturated heterocycles. The van der Waals surface area contributed by atoms with E-state index in [9.17, 15) is 4.79 Å². The lowest BCUT2D eigenvalue weighted by Gasteiger charge is -2.15. The fourth-order valence-electron chi connectivity index (χ4n) is 2.05. The van der Waals surface area contributed by atoms with Crippen LogP contribution in [-0.2, 0) is 15.3 Å². The van der Waals surface area contributed by atoms with Gasteiger partial charge in [0.1, 0.15) is 6.04 Å². The number of rotatable bonds is 7. The lowest BCUT2D eigenvalue weighted by atomic mass is 10.1. The van der Waals surface area contributed by atoms with Gasteiger partial charge in [-0.25, -0.2) is 0 Å². The third-order valence-corrected chi connectivity index (χ3v) is 3.88. The van der Waals surface area contributed by atoms with Crippen LogP contribution in [0.25, 0.3) is 0 Å². The molecule has 1 N–H and O–H groups in total. The molecule has 1 atom stereocenters. The molecule has 106 valence electrons. The molecule has 0 saturated carbocycles. The number of methoxy groups -OCH3 is 1. The largest absolute Gasteiger partial charge is 0.468 e. The number of hydrogen-bond acceptors (Lipinski definition) is 4.